The third-order valence-corrected chi connectivity index (χ3v) is 3.97. The number of aryl methyl sites for hydroxylation is 2. The van der Waals surface area contributed by atoms with Gasteiger partial charge in [0, 0.05) is 34.1 Å². The summed E-state index contributed by atoms with van der Waals surface area (Å²) in [7, 11) is 0. The van der Waals surface area contributed by atoms with Gasteiger partial charge in [-0.2, -0.15) is 5.10 Å². The maximum atomic E-state index is 4.33. The summed E-state index contributed by atoms with van der Waals surface area (Å²) in [6, 6.07) is 6.44. The molecule has 0 amide bonds. The molecule has 0 spiro atoms. The van der Waals surface area contributed by atoms with Gasteiger partial charge in [-0.05, 0) is 53.6 Å². The van der Waals surface area contributed by atoms with Gasteiger partial charge in [0.25, 0.3) is 0 Å². The third kappa shape index (κ3) is 3.48. The minimum absolute atomic E-state index is 0.822. The molecule has 0 bridgehead atoms. The molecule has 1 aromatic carbocycles. The number of anilines is 1. The van der Waals surface area contributed by atoms with E-state index in [0.29, 0.717) is 0 Å². The van der Waals surface area contributed by atoms with E-state index in [9.17, 15) is 0 Å². The molecule has 18 heavy (non-hydrogen) atoms. The van der Waals surface area contributed by atoms with E-state index < -0.39 is 0 Å². The lowest BCUT2D eigenvalue weighted by atomic mass is 10.2. The number of hydrogen-bond acceptors (Lipinski definition) is 2. The van der Waals surface area contributed by atoms with Gasteiger partial charge in [0.1, 0.15) is 0 Å². The van der Waals surface area contributed by atoms with Crippen LogP contribution in [0.15, 0.2) is 30.6 Å². The molecule has 0 aliphatic rings. The molecule has 0 atom stereocenters. The predicted molar refractivity (Wildman–Crippen MR) is 83.7 cm³/mol. The van der Waals surface area contributed by atoms with Crippen LogP contribution in [0.1, 0.15) is 24.5 Å². The first-order valence-electron chi connectivity index (χ1n) is 6.20. The molecule has 0 aliphatic heterocycles. The molecule has 0 saturated heterocycles. The number of hydrogen-bond donors (Lipinski definition) is 1. The van der Waals surface area contributed by atoms with Crippen LogP contribution in [0, 0.1) is 10.5 Å². The lowest BCUT2D eigenvalue weighted by Gasteiger charge is -2.06. The van der Waals surface area contributed by atoms with Crippen LogP contribution in [0.5, 0.6) is 0 Å². The minimum atomic E-state index is 0.822. The fraction of sp³-hybridized carbons (Fsp3) is 0.357. The van der Waals surface area contributed by atoms with Crippen LogP contribution in [0.3, 0.4) is 0 Å². The Labute approximate surface area is 122 Å². The van der Waals surface area contributed by atoms with E-state index in [1.54, 1.807) is 0 Å². The molecule has 0 unspecified atom stereocenters. The van der Waals surface area contributed by atoms with E-state index >= 15 is 0 Å². The van der Waals surface area contributed by atoms with Crippen LogP contribution in [0.25, 0.3) is 0 Å². The summed E-state index contributed by atoms with van der Waals surface area (Å²) in [6.45, 7) is 6.10. The first kappa shape index (κ1) is 13.4. The molecule has 2 aromatic rings. The van der Waals surface area contributed by atoms with Gasteiger partial charge in [-0.3, -0.25) is 4.68 Å². The molecule has 1 aromatic heterocycles. The number of nitrogens with one attached hydrogen (secondary N) is 1. The highest BCUT2D eigenvalue weighted by atomic mass is 127. The quantitative estimate of drug-likeness (QED) is 0.827. The Kier molecular flexibility index (Phi) is 4.63. The van der Waals surface area contributed by atoms with E-state index in [1.807, 2.05) is 10.9 Å². The van der Waals surface area contributed by atoms with E-state index in [2.05, 4.69) is 71.2 Å². The van der Waals surface area contributed by atoms with Crippen LogP contribution in [0.4, 0.5) is 5.69 Å². The summed E-state index contributed by atoms with van der Waals surface area (Å²) < 4.78 is 3.29. The second-order valence-electron chi connectivity index (χ2n) is 4.43. The average molecular weight is 355 g/mol. The van der Waals surface area contributed by atoms with Gasteiger partial charge in [-0.25, -0.2) is 0 Å². The SMILES string of the molecule is CCCn1cc(CNc2ccc(C)c(I)c2)cn1. The van der Waals surface area contributed by atoms with Crippen LogP contribution in [-0.2, 0) is 13.1 Å². The Hall–Kier alpha value is -1.04. The number of halogens is 1. The molecule has 96 valence electrons. The van der Waals surface area contributed by atoms with Crippen molar-refractivity contribution in [3.63, 3.8) is 0 Å². The second-order valence-corrected chi connectivity index (χ2v) is 5.59. The van der Waals surface area contributed by atoms with Gasteiger partial charge in [0.05, 0.1) is 6.20 Å². The van der Waals surface area contributed by atoms with E-state index in [1.165, 1.54) is 14.7 Å². The van der Waals surface area contributed by atoms with Crippen LogP contribution < -0.4 is 5.32 Å². The van der Waals surface area contributed by atoms with Gasteiger partial charge in [0.2, 0.25) is 0 Å². The third-order valence-electron chi connectivity index (χ3n) is 2.81. The maximum absolute atomic E-state index is 4.33. The molecule has 4 heteroatoms. The zero-order chi connectivity index (χ0) is 13.0. The Morgan fingerprint density at radius 1 is 1.39 bits per heavy atom. The minimum Gasteiger partial charge on any atom is -0.381 e. The second kappa shape index (κ2) is 6.22. The largest absolute Gasteiger partial charge is 0.381 e. The molecule has 0 fully saturated rings. The standard InChI is InChI=1S/C14H18IN3/c1-3-6-18-10-12(9-17-18)8-16-13-5-4-11(2)14(15)7-13/h4-5,7,9-10,16H,3,6,8H2,1-2H3. The summed E-state index contributed by atoms with van der Waals surface area (Å²) in [5, 5.41) is 7.75. The highest BCUT2D eigenvalue weighted by Crippen LogP contribution is 2.17. The zero-order valence-electron chi connectivity index (χ0n) is 10.8. The maximum Gasteiger partial charge on any atom is 0.0539 e. The van der Waals surface area contributed by atoms with Crippen LogP contribution in [0.2, 0.25) is 0 Å². The van der Waals surface area contributed by atoms with Crippen molar-refractivity contribution < 1.29 is 0 Å². The van der Waals surface area contributed by atoms with Gasteiger partial charge >= 0.3 is 0 Å². The molecular weight excluding hydrogens is 337 g/mol. The molecule has 1 heterocycles. The molecule has 0 saturated carbocycles. The van der Waals surface area contributed by atoms with Crippen LogP contribution >= 0.6 is 22.6 Å². The highest BCUT2D eigenvalue weighted by molar-refractivity contribution is 14.1. The highest BCUT2D eigenvalue weighted by Gasteiger charge is 2.00. The van der Waals surface area contributed by atoms with Gasteiger partial charge in [0.15, 0.2) is 0 Å². The lowest BCUT2D eigenvalue weighted by molar-refractivity contribution is 0.602. The summed E-state index contributed by atoms with van der Waals surface area (Å²) in [4.78, 5) is 0. The fourth-order valence-corrected chi connectivity index (χ4v) is 2.27. The Balaban J connectivity index is 1.95. The summed E-state index contributed by atoms with van der Waals surface area (Å²) in [6.07, 6.45) is 5.15. The molecule has 0 aliphatic carbocycles. The number of aromatic nitrogens is 2. The average Bonchev–Trinajstić information content (AvgIpc) is 2.79. The summed E-state index contributed by atoms with van der Waals surface area (Å²) >= 11 is 2.36. The van der Waals surface area contributed by atoms with Crippen molar-refractivity contribution in [1.82, 2.24) is 9.78 Å². The van der Waals surface area contributed by atoms with Crippen molar-refractivity contribution in [2.24, 2.45) is 0 Å². The van der Waals surface area contributed by atoms with Gasteiger partial charge < -0.3 is 5.32 Å². The first-order valence-corrected chi connectivity index (χ1v) is 7.28. The molecule has 2 rings (SSSR count). The smallest absolute Gasteiger partial charge is 0.0539 e. The van der Waals surface area contributed by atoms with Crippen LogP contribution in [-0.4, -0.2) is 9.78 Å². The molecular formula is C14H18IN3. The van der Waals surface area contributed by atoms with E-state index in [-0.39, 0.29) is 0 Å². The van der Waals surface area contributed by atoms with Crippen molar-refractivity contribution in [3.05, 3.63) is 45.3 Å². The normalized spacial score (nSPS) is 10.6. The van der Waals surface area contributed by atoms with Crippen molar-refractivity contribution in [1.29, 1.82) is 0 Å². The zero-order valence-corrected chi connectivity index (χ0v) is 12.9. The topological polar surface area (TPSA) is 29.9 Å². The first-order chi connectivity index (χ1) is 8.69. The van der Waals surface area contributed by atoms with Crippen molar-refractivity contribution in [2.45, 2.75) is 33.4 Å². The van der Waals surface area contributed by atoms with E-state index in [0.717, 1.165) is 25.2 Å². The molecule has 1 N–H and O–H groups in total. The number of rotatable bonds is 5. The Bertz CT molecular complexity index is 520. The predicted octanol–water partition coefficient (Wildman–Crippen LogP) is 3.82. The summed E-state index contributed by atoms with van der Waals surface area (Å²) in [5.41, 5.74) is 3.70. The van der Waals surface area contributed by atoms with Crippen molar-refractivity contribution in [2.75, 3.05) is 5.32 Å². The summed E-state index contributed by atoms with van der Waals surface area (Å²) in [5.74, 6) is 0. The Morgan fingerprint density at radius 3 is 2.94 bits per heavy atom. The monoisotopic (exact) mass is 355 g/mol. The van der Waals surface area contributed by atoms with E-state index in [4.69, 9.17) is 0 Å². The van der Waals surface area contributed by atoms with Gasteiger partial charge in [-0.1, -0.05) is 13.0 Å². The molecule has 0 radical (unpaired) electrons. The fourth-order valence-electron chi connectivity index (χ4n) is 1.76. The van der Waals surface area contributed by atoms with Crippen molar-refractivity contribution >= 4 is 28.3 Å². The number of nitrogens with zero attached hydrogens (tertiary/aromatic N) is 2. The van der Waals surface area contributed by atoms with Gasteiger partial charge in [-0.15, -0.1) is 0 Å². The Morgan fingerprint density at radius 2 is 2.22 bits per heavy atom. The van der Waals surface area contributed by atoms with Crippen molar-refractivity contribution in [3.8, 4) is 0 Å². The number of benzene rings is 1. The lowest BCUT2D eigenvalue weighted by Crippen LogP contribution is -1.99. The molecule has 3 nitrogen and oxygen atoms in total.